The highest BCUT2D eigenvalue weighted by Gasteiger charge is 2.56. The third kappa shape index (κ3) is 9.44. The molecule has 5 heterocycles. The van der Waals surface area contributed by atoms with Crippen LogP contribution in [0.3, 0.4) is 0 Å². The van der Waals surface area contributed by atoms with Crippen molar-refractivity contribution in [3.05, 3.63) is 107 Å². The van der Waals surface area contributed by atoms with E-state index >= 15 is 0 Å². The SMILES string of the molecule is CC(C)(C)OC(=O)Nc1nc(C(=NOC2(C(=O)OC(c3ccccc3)c3ccccc3)CC2)C(=O)N[C@@H]2C(=O)N[C@@H]2Cn2ncc(CSC3Cn4cnc[n+]4C3)n2)cs1. The van der Waals surface area contributed by atoms with Gasteiger partial charge in [0.15, 0.2) is 16.9 Å². The van der Waals surface area contributed by atoms with Crippen molar-refractivity contribution < 1.29 is 38.2 Å². The number of anilines is 1. The van der Waals surface area contributed by atoms with Crippen molar-refractivity contribution in [2.75, 3.05) is 5.32 Å². The average Bonchev–Trinajstić information content (AvgIpc) is 3.60. The van der Waals surface area contributed by atoms with Gasteiger partial charge in [-0.05, 0) is 36.9 Å². The highest BCUT2D eigenvalue weighted by Crippen LogP contribution is 2.43. The number of oxime groups is 1. The van der Waals surface area contributed by atoms with E-state index in [1.165, 1.54) is 10.2 Å². The van der Waals surface area contributed by atoms with Crippen LogP contribution in [0.4, 0.5) is 9.93 Å². The zero-order chi connectivity index (χ0) is 41.1. The minimum atomic E-state index is -1.46. The molecule has 18 nitrogen and oxygen atoms in total. The molecule has 20 heteroatoms. The highest BCUT2D eigenvalue weighted by atomic mass is 32.2. The van der Waals surface area contributed by atoms with Crippen LogP contribution in [0.5, 0.6) is 0 Å². The van der Waals surface area contributed by atoms with Gasteiger partial charge >= 0.3 is 18.4 Å². The quantitative estimate of drug-likeness (QED) is 0.0457. The molecule has 1 aliphatic carbocycles. The van der Waals surface area contributed by atoms with Crippen LogP contribution in [0.25, 0.3) is 0 Å². The number of amides is 3. The third-order valence-electron chi connectivity index (χ3n) is 9.61. The van der Waals surface area contributed by atoms with Crippen molar-refractivity contribution in [1.29, 1.82) is 0 Å². The second-order valence-electron chi connectivity index (χ2n) is 15.3. The molecule has 306 valence electrons. The summed E-state index contributed by atoms with van der Waals surface area (Å²) in [5, 5.41) is 23.3. The standard InChI is InChI=1S/C39H41N11O7S2/c1-38(2,3)56-37(54)45-36-43-29(21-59-36)31(47-57-39(14-15-39)35(53)55-32(24-10-6-4-7-11-24)25-12-8-5-9-13-25)34(52)44-30-28(42-33(30)51)19-50-41-16-26(46-50)20-58-27-17-48-22-40-23-49(48)18-27/h4-13,16,21-23,27-28,30,32H,14-15,17-20H2,1-3H3,(H2-,42,43,44,45,51,52,54)/p+1/t28-,30+/m1/s1. The Balaban J connectivity index is 0.960. The fourth-order valence-electron chi connectivity index (χ4n) is 6.45. The number of nitrogens with one attached hydrogen (secondary N) is 3. The number of ether oxygens (including phenoxy) is 2. The number of hydrogen-bond donors (Lipinski definition) is 3. The molecule has 2 aromatic carbocycles. The Bertz CT molecular complexity index is 2300. The molecule has 0 spiro atoms. The molecule has 1 saturated heterocycles. The van der Waals surface area contributed by atoms with E-state index in [-0.39, 0.29) is 23.1 Å². The number of rotatable bonds is 15. The molecule has 0 bridgehead atoms. The van der Waals surface area contributed by atoms with E-state index in [9.17, 15) is 19.2 Å². The number of carbonyl (C=O) groups is 4. The maximum Gasteiger partial charge on any atom is 0.413 e. The molecule has 3 N–H and O–H groups in total. The molecule has 0 radical (unpaired) electrons. The molecule has 2 fully saturated rings. The number of benzene rings is 2. The molecule has 8 rings (SSSR count). The van der Waals surface area contributed by atoms with E-state index in [0.717, 1.165) is 41.2 Å². The molecular weight excluding hydrogens is 799 g/mol. The van der Waals surface area contributed by atoms with Gasteiger partial charge in [-0.1, -0.05) is 65.8 Å². The number of hydrogen-bond acceptors (Lipinski definition) is 14. The van der Waals surface area contributed by atoms with E-state index in [1.54, 1.807) is 38.7 Å². The van der Waals surface area contributed by atoms with Gasteiger partial charge in [0.2, 0.25) is 17.8 Å². The second kappa shape index (κ2) is 16.6. The lowest BCUT2D eigenvalue weighted by Gasteiger charge is -2.36. The summed E-state index contributed by atoms with van der Waals surface area (Å²) in [5.74, 6) is -1.20. The van der Waals surface area contributed by atoms with Crippen molar-refractivity contribution in [3.63, 3.8) is 0 Å². The monoisotopic (exact) mass is 840 g/mol. The van der Waals surface area contributed by atoms with Gasteiger partial charge in [-0.25, -0.2) is 14.6 Å². The van der Waals surface area contributed by atoms with Gasteiger partial charge in [-0.15, -0.1) is 23.1 Å². The Kier molecular flexibility index (Phi) is 11.2. The van der Waals surface area contributed by atoms with Crippen molar-refractivity contribution in [2.24, 2.45) is 5.16 Å². The highest BCUT2D eigenvalue weighted by molar-refractivity contribution is 7.99. The summed E-state index contributed by atoms with van der Waals surface area (Å²) in [4.78, 5) is 69.1. The van der Waals surface area contributed by atoms with Gasteiger partial charge < -0.3 is 24.9 Å². The number of fused-ring (bicyclic) bond motifs is 1. The average molecular weight is 841 g/mol. The van der Waals surface area contributed by atoms with Gasteiger partial charge in [0.05, 0.1) is 36.3 Å². The Labute approximate surface area is 346 Å². The number of β-lactam (4-membered cyclic amide) rings is 1. The number of carbonyl (C=O) groups excluding carboxylic acids is 4. The van der Waals surface area contributed by atoms with Gasteiger partial charge in [0.25, 0.3) is 5.91 Å². The van der Waals surface area contributed by atoms with Gasteiger partial charge in [0, 0.05) is 24.0 Å². The summed E-state index contributed by atoms with van der Waals surface area (Å²) in [6.07, 6.45) is 4.44. The number of nitrogens with zero attached hydrogens (tertiary/aromatic N) is 8. The van der Waals surface area contributed by atoms with E-state index in [0.29, 0.717) is 23.8 Å². The first-order chi connectivity index (χ1) is 28.4. The largest absolute Gasteiger partial charge is 0.450 e. The Morgan fingerprint density at radius 3 is 2.49 bits per heavy atom. The minimum Gasteiger partial charge on any atom is -0.450 e. The lowest BCUT2D eigenvalue weighted by molar-refractivity contribution is -0.758. The lowest BCUT2D eigenvalue weighted by Crippen LogP contribution is -2.70. The fraction of sp³-hybridized carbons (Fsp3) is 0.385. The predicted molar refractivity (Wildman–Crippen MR) is 214 cm³/mol. The van der Waals surface area contributed by atoms with Crippen molar-refractivity contribution in [1.82, 2.24) is 40.3 Å². The Hall–Kier alpha value is -6.15. The third-order valence-corrected chi connectivity index (χ3v) is 11.6. The Morgan fingerprint density at radius 2 is 1.83 bits per heavy atom. The summed E-state index contributed by atoms with van der Waals surface area (Å²) >= 11 is 2.80. The molecule has 3 aliphatic rings. The smallest absolute Gasteiger partial charge is 0.413 e. The first-order valence-electron chi connectivity index (χ1n) is 19.0. The summed E-state index contributed by atoms with van der Waals surface area (Å²) < 4.78 is 15.6. The first kappa shape index (κ1) is 39.7. The van der Waals surface area contributed by atoms with Crippen LogP contribution in [0, 0.1) is 0 Å². The van der Waals surface area contributed by atoms with Crippen LogP contribution >= 0.6 is 23.1 Å². The summed E-state index contributed by atoms with van der Waals surface area (Å²) in [5.41, 5.74) is -0.176. The summed E-state index contributed by atoms with van der Waals surface area (Å²) in [6, 6.07) is 17.2. The number of esters is 1. The molecule has 2 aliphatic heterocycles. The normalized spacial score (nSPS) is 19.3. The molecule has 3 amide bonds. The van der Waals surface area contributed by atoms with Crippen LogP contribution in [0.1, 0.15) is 62.2 Å². The molecule has 2 atom stereocenters. The molecule has 1 saturated carbocycles. The summed E-state index contributed by atoms with van der Waals surface area (Å²) in [7, 11) is 0. The molecular formula is C39H42N11O7S2+. The fourth-order valence-corrected chi connectivity index (χ4v) is 8.19. The van der Waals surface area contributed by atoms with E-state index in [2.05, 4.69) is 50.6 Å². The molecule has 0 unspecified atom stereocenters. The van der Waals surface area contributed by atoms with E-state index < -0.39 is 53.3 Å². The lowest BCUT2D eigenvalue weighted by atomic mass is 9.98. The van der Waals surface area contributed by atoms with Crippen molar-refractivity contribution >= 4 is 57.8 Å². The van der Waals surface area contributed by atoms with Gasteiger partial charge in [-0.3, -0.25) is 14.9 Å². The zero-order valence-corrected chi connectivity index (χ0v) is 34.0. The maximum atomic E-state index is 14.0. The van der Waals surface area contributed by atoms with E-state index in [4.69, 9.17) is 14.3 Å². The predicted octanol–water partition coefficient (Wildman–Crippen LogP) is 3.15. The Morgan fingerprint density at radius 1 is 1.10 bits per heavy atom. The summed E-state index contributed by atoms with van der Waals surface area (Å²) in [6.45, 7) is 7.10. The first-order valence-corrected chi connectivity index (χ1v) is 20.9. The van der Waals surface area contributed by atoms with Crippen molar-refractivity contribution in [2.45, 2.75) is 93.6 Å². The molecule has 59 heavy (non-hydrogen) atoms. The minimum absolute atomic E-state index is 0.0333. The van der Waals surface area contributed by atoms with Crippen LogP contribution in [-0.2, 0) is 54.1 Å². The van der Waals surface area contributed by atoms with Gasteiger partial charge in [-0.2, -0.15) is 24.4 Å². The topological polar surface area (TPSA) is 210 Å². The van der Waals surface area contributed by atoms with Gasteiger partial charge in [0.1, 0.15) is 23.9 Å². The zero-order valence-electron chi connectivity index (χ0n) is 32.4. The van der Waals surface area contributed by atoms with E-state index in [1.807, 2.05) is 73.3 Å². The van der Waals surface area contributed by atoms with Crippen molar-refractivity contribution in [3.8, 4) is 0 Å². The number of aromatic nitrogens is 7. The maximum absolute atomic E-state index is 14.0. The number of thiazole rings is 1. The molecule has 3 aromatic heterocycles. The second-order valence-corrected chi connectivity index (χ2v) is 17.5. The van der Waals surface area contributed by atoms with Crippen LogP contribution in [0.2, 0.25) is 0 Å². The van der Waals surface area contributed by atoms with Crippen LogP contribution in [-0.4, -0.2) is 87.8 Å². The van der Waals surface area contributed by atoms with Crippen LogP contribution < -0.4 is 20.6 Å². The van der Waals surface area contributed by atoms with Crippen LogP contribution in [0.15, 0.2) is 90.1 Å². The molecule has 5 aromatic rings. The number of thioether (sulfide) groups is 1.